The summed E-state index contributed by atoms with van der Waals surface area (Å²) in [6, 6.07) is 16.4. The van der Waals surface area contributed by atoms with Gasteiger partial charge >= 0.3 is 0 Å². The maximum atomic E-state index is 12.5. The standard InChI is InChI=1S/C22H24N2O3S2/c1-4-29(26,27)18-12-10-16(11-13-18)14-19(25)23-22-24-20(21(28-22)15(2)3)17-8-6-5-7-9-17/h5-13,15H,4,14H2,1-3H3,(H,23,24,25). The molecular weight excluding hydrogens is 404 g/mol. The molecule has 0 spiro atoms. The molecule has 5 nitrogen and oxygen atoms in total. The van der Waals surface area contributed by atoms with E-state index < -0.39 is 9.84 Å². The molecule has 0 bridgehead atoms. The number of hydrogen-bond donors (Lipinski definition) is 1. The molecule has 152 valence electrons. The molecule has 1 amide bonds. The zero-order chi connectivity index (χ0) is 21.0. The van der Waals surface area contributed by atoms with Gasteiger partial charge in [0.25, 0.3) is 0 Å². The first-order valence-corrected chi connectivity index (χ1v) is 11.9. The average Bonchev–Trinajstić information content (AvgIpc) is 3.13. The molecule has 0 atom stereocenters. The van der Waals surface area contributed by atoms with Crippen LogP contribution >= 0.6 is 11.3 Å². The number of nitrogens with one attached hydrogen (secondary N) is 1. The molecule has 3 aromatic rings. The number of aromatic nitrogens is 1. The van der Waals surface area contributed by atoms with Gasteiger partial charge in [0.2, 0.25) is 5.91 Å². The Hall–Kier alpha value is -2.51. The summed E-state index contributed by atoms with van der Waals surface area (Å²) in [7, 11) is -3.24. The number of nitrogens with zero attached hydrogens (tertiary/aromatic N) is 1. The van der Waals surface area contributed by atoms with E-state index in [0.717, 1.165) is 21.7 Å². The second-order valence-electron chi connectivity index (χ2n) is 7.02. The second kappa shape index (κ2) is 8.88. The van der Waals surface area contributed by atoms with Crippen molar-refractivity contribution >= 4 is 32.2 Å². The van der Waals surface area contributed by atoms with Crippen molar-refractivity contribution in [1.29, 1.82) is 0 Å². The van der Waals surface area contributed by atoms with Crippen LogP contribution in [-0.4, -0.2) is 25.1 Å². The summed E-state index contributed by atoms with van der Waals surface area (Å²) in [5, 5.41) is 3.45. The van der Waals surface area contributed by atoms with Crippen molar-refractivity contribution in [3.8, 4) is 11.3 Å². The van der Waals surface area contributed by atoms with Crippen molar-refractivity contribution in [2.24, 2.45) is 0 Å². The van der Waals surface area contributed by atoms with Crippen LogP contribution in [0.4, 0.5) is 5.13 Å². The summed E-state index contributed by atoms with van der Waals surface area (Å²) in [5.74, 6) is 0.167. The summed E-state index contributed by atoms with van der Waals surface area (Å²) < 4.78 is 23.8. The Morgan fingerprint density at radius 3 is 2.31 bits per heavy atom. The summed E-state index contributed by atoms with van der Waals surface area (Å²) in [6.07, 6.45) is 0.156. The number of amides is 1. The van der Waals surface area contributed by atoms with Crippen molar-refractivity contribution in [2.45, 2.75) is 38.0 Å². The van der Waals surface area contributed by atoms with Crippen LogP contribution in [0.1, 0.15) is 37.1 Å². The molecule has 7 heteroatoms. The molecule has 1 heterocycles. The maximum Gasteiger partial charge on any atom is 0.230 e. The van der Waals surface area contributed by atoms with E-state index >= 15 is 0 Å². The fourth-order valence-electron chi connectivity index (χ4n) is 2.91. The third-order valence-electron chi connectivity index (χ3n) is 4.50. The number of thiazole rings is 1. The van der Waals surface area contributed by atoms with E-state index in [0.29, 0.717) is 11.0 Å². The normalized spacial score (nSPS) is 11.6. The predicted molar refractivity (Wildman–Crippen MR) is 118 cm³/mol. The van der Waals surface area contributed by atoms with E-state index in [9.17, 15) is 13.2 Å². The lowest BCUT2D eigenvalue weighted by molar-refractivity contribution is -0.115. The molecule has 2 aromatic carbocycles. The fraction of sp³-hybridized carbons (Fsp3) is 0.273. The second-order valence-corrected chi connectivity index (χ2v) is 10.3. The minimum atomic E-state index is -3.24. The van der Waals surface area contributed by atoms with Crippen LogP contribution < -0.4 is 5.32 Å². The number of anilines is 1. The summed E-state index contributed by atoms with van der Waals surface area (Å²) in [6.45, 7) is 5.83. The van der Waals surface area contributed by atoms with Crippen molar-refractivity contribution in [1.82, 2.24) is 4.98 Å². The Morgan fingerprint density at radius 1 is 1.07 bits per heavy atom. The topological polar surface area (TPSA) is 76.1 Å². The molecule has 3 rings (SSSR count). The highest BCUT2D eigenvalue weighted by molar-refractivity contribution is 7.91. The highest BCUT2D eigenvalue weighted by Crippen LogP contribution is 2.36. The first-order chi connectivity index (χ1) is 13.8. The Labute approximate surface area is 175 Å². The van der Waals surface area contributed by atoms with Gasteiger partial charge in [-0.2, -0.15) is 0 Å². The number of benzene rings is 2. The molecule has 29 heavy (non-hydrogen) atoms. The van der Waals surface area contributed by atoms with E-state index in [-0.39, 0.29) is 23.0 Å². The lowest BCUT2D eigenvalue weighted by atomic mass is 10.1. The number of hydrogen-bond acceptors (Lipinski definition) is 5. The van der Waals surface area contributed by atoms with Crippen LogP contribution in [0.2, 0.25) is 0 Å². The lowest BCUT2D eigenvalue weighted by Crippen LogP contribution is -2.14. The highest BCUT2D eigenvalue weighted by atomic mass is 32.2. The van der Waals surface area contributed by atoms with Crippen LogP contribution in [0.15, 0.2) is 59.5 Å². The molecular formula is C22H24N2O3S2. The van der Waals surface area contributed by atoms with Gasteiger partial charge in [-0.15, -0.1) is 11.3 Å². The molecule has 0 fully saturated rings. The Kier molecular flexibility index (Phi) is 6.49. The Balaban J connectivity index is 1.74. The molecule has 0 aliphatic heterocycles. The molecule has 0 aliphatic carbocycles. The number of sulfone groups is 1. The first kappa shape index (κ1) is 21.2. The summed E-state index contributed by atoms with van der Waals surface area (Å²) in [4.78, 5) is 18.5. The first-order valence-electron chi connectivity index (χ1n) is 9.48. The van der Waals surface area contributed by atoms with Crippen molar-refractivity contribution in [3.05, 3.63) is 65.0 Å². The van der Waals surface area contributed by atoms with Crippen molar-refractivity contribution in [2.75, 3.05) is 11.1 Å². The van der Waals surface area contributed by atoms with Gasteiger partial charge in [0, 0.05) is 10.4 Å². The number of carbonyl (C=O) groups excluding carboxylic acids is 1. The van der Waals surface area contributed by atoms with Crippen LogP contribution in [0, 0.1) is 0 Å². The van der Waals surface area contributed by atoms with Gasteiger partial charge in [0.1, 0.15) is 0 Å². The van der Waals surface area contributed by atoms with Gasteiger partial charge in [-0.1, -0.05) is 63.2 Å². The van der Waals surface area contributed by atoms with Crippen LogP contribution in [0.5, 0.6) is 0 Å². The highest BCUT2D eigenvalue weighted by Gasteiger charge is 2.17. The summed E-state index contributed by atoms with van der Waals surface area (Å²) >= 11 is 1.49. The minimum Gasteiger partial charge on any atom is -0.302 e. The largest absolute Gasteiger partial charge is 0.302 e. The number of rotatable bonds is 7. The quantitative estimate of drug-likeness (QED) is 0.580. The SMILES string of the molecule is CCS(=O)(=O)c1ccc(CC(=O)Nc2nc(-c3ccccc3)c(C(C)C)s2)cc1. The van der Waals surface area contributed by atoms with E-state index in [4.69, 9.17) is 0 Å². The van der Waals surface area contributed by atoms with Gasteiger partial charge in [-0.3, -0.25) is 4.79 Å². The molecule has 0 unspecified atom stereocenters. The van der Waals surface area contributed by atoms with E-state index in [1.807, 2.05) is 30.3 Å². The van der Waals surface area contributed by atoms with Crippen molar-refractivity contribution in [3.63, 3.8) is 0 Å². The van der Waals surface area contributed by atoms with E-state index in [1.165, 1.54) is 11.3 Å². The molecule has 1 aromatic heterocycles. The van der Waals surface area contributed by atoms with Gasteiger partial charge in [-0.05, 0) is 23.6 Å². The zero-order valence-corrected chi connectivity index (χ0v) is 18.3. The number of carbonyl (C=O) groups is 1. The third kappa shape index (κ3) is 5.10. The molecule has 1 N–H and O–H groups in total. The van der Waals surface area contributed by atoms with E-state index in [1.54, 1.807) is 31.2 Å². The zero-order valence-electron chi connectivity index (χ0n) is 16.7. The van der Waals surface area contributed by atoms with Crippen LogP contribution in [0.25, 0.3) is 11.3 Å². The van der Waals surface area contributed by atoms with Gasteiger partial charge in [0.15, 0.2) is 15.0 Å². The summed E-state index contributed by atoms with van der Waals surface area (Å²) in [5.41, 5.74) is 2.68. The molecule has 0 saturated heterocycles. The molecule has 0 radical (unpaired) electrons. The minimum absolute atomic E-state index is 0.0544. The fourth-order valence-corrected chi connectivity index (χ4v) is 4.80. The van der Waals surface area contributed by atoms with Crippen LogP contribution in [0.3, 0.4) is 0 Å². The van der Waals surface area contributed by atoms with Gasteiger partial charge in [-0.25, -0.2) is 13.4 Å². The molecule has 0 saturated carbocycles. The van der Waals surface area contributed by atoms with Gasteiger partial charge in [0.05, 0.1) is 22.8 Å². The van der Waals surface area contributed by atoms with E-state index in [2.05, 4.69) is 24.1 Å². The Morgan fingerprint density at radius 2 is 1.72 bits per heavy atom. The smallest absolute Gasteiger partial charge is 0.230 e. The maximum absolute atomic E-state index is 12.5. The molecule has 0 aliphatic rings. The average molecular weight is 429 g/mol. The monoisotopic (exact) mass is 428 g/mol. The Bertz CT molecular complexity index is 1090. The third-order valence-corrected chi connectivity index (χ3v) is 7.52. The van der Waals surface area contributed by atoms with Gasteiger partial charge < -0.3 is 5.32 Å². The van der Waals surface area contributed by atoms with Crippen molar-refractivity contribution < 1.29 is 13.2 Å². The van der Waals surface area contributed by atoms with Crippen LogP contribution in [-0.2, 0) is 21.1 Å². The lowest BCUT2D eigenvalue weighted by Gasteiger charge is -2.04. The predicted octanol–water partition coefficient (Wildman–Crippen LogP) is 4.91.